The molecule has 0 radical (unpaired) electrons. The molecule has 3 nitrogen and oxygen atoms in total. The van der Waals surface area contributed by atoms with E-state index in [0.29, 0.717) is 5.92 Å². The summed E-state index contributed by atoms with van der Waals surface area (Å²) in [6.45, 7) is 0. The van der Waals surface area contributed by atoms with Crippen LogP contribution < -0.4 is 11.5 Å². The van der Waals surface area contributed by atoms with Crippen LogP contribution in [0, 0.1) is 0 Å². The molecule has 1 aliphatic rings. The molecule has 2 unspecified atom stereocenters. The number of hydrogen-bond acceptors (Lipinski definition) is 3. The van der Waals surface area contributed by atoms with Gasteiger partial charge in [0.05, 0.1) is 6.04 Å². The molecule has 0 saturated heterocycles. The summed E-state index contributed by atoms with van der Waals surface area (Å²) in [6, 6.07) is 20.2. The van der Waals surface area contributed by atoms with Gasteiger partial charge in [0.2, 0.25) is 0 Å². The number of fused-ring (bicyclic) bond motifs is 3. The molecule has 3 heteroatoms. The quantitative estimate of drug-likeness (QED) is 0.449. The van der Waals surface area contributed by atoms with Gasteiger partial charge >= 0.3 is 0 Å². The number of anilines is 1. The number of rotatable bonds is 3. The van der Waals surface area contributed by atoms with Crippen molar-refractivity contribution in [2.45, 2.75) is 18.4 Å². The number of hydrogen-bond donors (Lipinski definition) is 2. The summed E-state index contributed by atoms with van der Waals surface area (Å²) in [7, 11) is 0. The van der Waals surface area contributed by atoms with Crippen LogP contribution in [0.3, 0.4) is 0 Å². The van der Waals surface area contributed by atoms with Crippen molar-refractivity contribution in [3.63, 3.8) is 0 Å². The lowest BCUT2D eigenvalue weighted by Crippen LogP contribution is -2.14. The molecule has 0 amide bonds. The van der Waals surface area contributed by atoms with Crippen molar-refractivity contribution in [3.8, 4) is 0 Å². The Morgan fingerprint density at radius 2 is 1.75 bits per heavy atom. The van der Waals surface area contributed by atoms with Crippen LogP contribution in [0.1, 0.15) is 35.1 Å². The molecule has 28 heavy (non-hydrogen) atoms. The van der Waals surface area contributed by atoms with E-state index in [1.807, 2.05) is 30.3 Å². The maximum atomic E-state index is 6.61. The summed E-state index contributed by atoms with van der Waals surface area (Å²) in [4.78, 5) is 0. The van der Waals surface area contributed by atoms with Crippen LogP contribution in [0.2, 0.25) is 0 Å². The van der Waals surface area contributed by atoms with Crippen LogP contribution >= 0.6 is 0 Å². The number of allylic oxidation sites excluding steroid dienone is 4. The Morgan fingerprint density at radius 1 is 0.893 bits per heavy atom. The third kappa shape index (κ3) is 2.81. The molecule has 0 fully saturated rings. The average Bonchev–Trinajstić information content (AvgIpc) is 3.12. The van der Waals surface area contributed by atoms with Gasteiger partial charge in [-0.1, -0.05) is 60.7 Å². The number of nitrogen functional groups attached to an aromatic ring is 1. The minimum Gasteiger partial charge on any atom is -0.456 e. The highest BCUT2D eigenvalue weighted by atomic mass is 16.3. The highest BCUT2D eigenvalue weighted by Crippen LogP contribution is 2.34. The number of benzene rings is 3. The van der Waals surface area contributed by atoms with Gasteiger partial charge in [-0.15, -0.1) is 0 Å². The molecule has 0 bridgehead atoms. The van der Waals surface area contributed by atoms with E-state index in [0.717, 1.165) is 45.2 Å². The second-order valence-electron chi connectivity index (χ2n) is 7.38. The molecule has 3 aromatic carbocycles. The number of nitrogens with two attached hydrogens (primary N) is 2. The molecule has 1 aromatic heterocycles. The van der Waals surface area contributed by atoms with Crippen molar-refractivity contribution < 1.29 is 4.42 Å². The van der Waals surface area contributed by atoms with Gasteiger partial charge in [0.25, 0.3) is 0 Å². The van der Waals surface area contributed by atoms with Crippen LogP contribution in [0.25, 0.3) is 21.9 Å². The summed E-state index contributed by atoms with van der Waals surface area (Å²) in [5.74, 6) is 0.381. The third-order valence-electron chi connectivity index (χ3n) is 5.61. The molecular weight excluding hydrogens is 344 g/mol. The standard InChI is InChI=1S/C25H22N2O/c26-22-15-17(16-6-2-1-3-7-16)10-12-20(22)25(27)18-11-13-24-21(14-18)19-8-4-5-9-23(19)28-24/h1-6,8-16,25H,7,26-27H2. The maximum absolute atomic E-state index is 6.61. The second-order valence-corrected chi connectivity index (χ2v) is 7.38. The molecule has 5 rings (SSSR count). The first kappa shape index (κ1) is 16.8. The SMILES string of the molecule is Nc1cc(C2C=CC=CC2)ccc1C(N)c1ccc2oc3ccccc3c2c1. The first-order chi connectivity index (χ1) is 13.7. The average molecular weight is 366 g/mol. The lowest BCUT2D eigenvalue weighted by molar-refractivity contribution is 0.668. The van der Waals surface area contributed by atoms with E-state index in [-0.39, 0.29) is 6.04 Å². The minimum absolute atomic E-state index is 0.283. The van der Waals surface area contributed by atoms with Crippen LogP contribution in [0.5, 0.6) is 0 Å². The van der Waals surface area contributed by atoms with Crippen LogP contribution in [0.15, 0.2) is 89.4 Å². The fourth-order valence-corrected chi connectivity index (χ4v) is 4.05. The van der Waals surface area contributed by atoms with Crippen molar-refractivity contribution in [3.05, 3.63) is 102 Å². The van der Waals surface area contributed by atoms with Crippen LogP contribution in [-0.2, 0) is 0 Å². The Bertz CT molecular complexity index is 1230. The Labute approximate surface area is 163 Å². The fourth-order valence-electron chi connectivity index (χ4n) is 4.05. The van der Waals surface area contributed by atoms with Crippen molar-refractivity contribution in [1.82, 2.24) is 0 Å². The third-order valence-corrected chi connectivity index (χ3v) is 5.61. The van der Waals surface area contributed by atoms with Gasteiger partial charge in [-0.25, -0.2) is 0 Å². The van der Waals surface area contributed by atoms with Gasteiger partial charge in [-0.3, -0.25) is 0 Å². The second kappa shape index (κ2) is 6.70. The number of furan rings is 1. The molecule has 4 N–H and O–H groups in total. The zero-order chi connectivity index (χ0) is 19.1. The first-order valence-electron chi connectivity index (χ1n) is 9.60. The van der Waals surface area contributed by atoms with Crippen molar-refractivity contribution in [2.24, 2.45) is 5.73 Å². The van der Waals surface area contributed by atoms with E-state index in [1.165, 1.54) is 5.56 Å². The monoisotopic (exact) mass is 366 g/mol. The van der Waals surface area contributed by atoms with Gasteiger partial charge in [0.1, 0.15) is 11.2 Å². The van der Waals surface area contributed by atoms with Crippen LogP contribution in [0.4, 0.5) is 5.69 Å². The van der Waals surface area contributed by atoms with Crippen molar-refractivity contribution >= 4 is 27.6 Å². The zero-order valence-corrected chi connectivity index (χ0v) is 15.5. The van der Waals surface area contributed by atoms with Crippen molar-refractivity contribution in [1.29, 1.82) is 0 Å². The maximum Gasteiger partial charge on any atom is 0.135 e. The predicted molar refractivity (Wildman–Crippen MR) is 116 cm³/mol. The molecule has 4 aromatic rings. The summed E-state index contributed by atoms with van der Waals surface area (Å²) in [5, 5.41) is 2.19. The normalized spacial score (nSPS) is 17.4. The zero-order valence-electron chi connectivity index (χ0n) is 15.5. The van der Waals surface area contributed by atoms with E-state index >= 15 is 0 Å². The smallest absolute Gasteiger partial charge is 0.135 e. The van der Waals surface area contributed by atoms with E-state index < -0.39 is 0 Å². The van der Waals surface area contributed by atoms with E-state index in [9.17, 15) is 0 Å². The Kier molecular flexibility index (Phi) is 4.03. The van der Waals surface area contributed by atoms with E-state index in [4.69, 9.17) is 15.9 Å². The summed E-state index contributed by atoms with van der Waals surface area (Å²) in [5.41, 5.74) is 18.7. The molecule has 138 valence electrons. The van der Waals surface area contributed by atoms with Gasteiger partial charge in [-0.05, 0) is 47.4 Å². The molecular formula is C25H22N2O. The van der Waals surface area contributed by atoms with Gasteiger partial charge in [-0.2, -0.15) is 0 Å². The number of para-hydroxylation sites is 1. The van der Waals surface area contributed by atoms with Crippen molar-refractivity contribution in [2.75, 3.05) is 5.73 Å². The van der Waals surface area contributed by atoms with Crippen LogP contribution in [-0.4, -0.2) is 0 Å². The highest BCUT2D eigenvalue weighted by molar-refractivity contribution is 6.05. The van der Waals surface area contributed by atoms with Gasteiger partial charge in [0, 0.05) is 22.4 Å². The molecule has 0 saturated carbocycles. The molecule has 0 aliphatic heterocycles. The van der Waals surface area contributed by atoms with Gasteiger partial charge < -0.3 is 15.9 Å². The first-order valence-corrected chi connectivity index (χ1v) is 9.60. The summed E-state index contributed by atoms with van der Waals surface area (Å²) < 4.78 is 5.92. The molecule has 0 spiro atoms. The molecule has 1 heterocycles. The lowest BCUT2D eigenvalue weighted by Gasteiger charge is -2.19. The van der Waals surface area contributed by atoms with Gasteiger partial charge in [0.15, 0.2) is 0 Å². The lowest BCUT2D eigenvalue weighted by atomic mass is 9.89. The minimum atomic E-state index is -0.283. The molecule has 2 atom stereocenters. The predicted octanol–water partition coefficient (Wildman–Crippen LogP) is 5.82. The largest absolute Gasteiger partial charge is 0.456 e. The highest BCUT2D eigenvalue weighted by Gasteiger charge is 2.17. The van der Waals surface area contributed by atoms with E-state index in [2.05, 4.69) is 54.6 Å². The topological polar surface area (TPSA) is 65.2 Å². The Morgan fingerprint density at radius 3 is 2.57 bits per heavy atom. The Balaban J connectivity index is 1.52. The fraction of sp³-hybridized carbons (Fsp3) is 0.120. The summed E-state index contributed by atoms with van der Waals surface area (Å²) >= 11 is 0. The van der Waals surface area contributed by atoms with E-state index in [1.54, 1.807) is 0 Å². The molecule has 1 aliphatic carbocycles. The Hall–Kier alpha value is -3.30. The summed E-state index contributed by atoms with van der Waals surface area (Å²) in [6.07, 6.45) is 9.58.